The van der Waals surface area contributed by atoms with Gasteiger partial charge < -0.3 is 16.8 Å². The monoisotopic (exact) mass is 376 g/mol. The Bertz CT molecular complexity index is 1030. The molecule has 3 aromatic rings. The van der Waals surface area contributed by atoms with Gasteiger partial charge in [-0.05, 0) is 55.0 Å². The first-order valence-corrected chi connectivity index (χ1v) is 8.75. The van der Waals surface area contributed by atoms with Crippen LogP contribution in [0.3, 0.4) is 0 Å². The van der Waals surface area contributed by atoms with Crippen LogP contribution >= 0.6 is 0 Å². The molecule has 0 saturated heterocycles. The number of amides is 1. The summed E-state index contributed by atoms with van der Waals surface area (Å²) < 4.78 is 13.4. The summed E-state index contributed by atoms with van der Waals surface area (Å²) in [5, 5.41) is 2.79. The van der Waals surface area contributed by atoms with Crippen molar-refractivity contribution >= 4 is 28.7 Å². The molecule has 0 aliphatic heterocycles. The fourth-order valence-electron chi connectivity index (χ4n) is 2.70. The summed E-state index contributed by atoms with van der Waals surface area (Å²) in [5.74, 6) is -0.593. The fourth-order valence-corrected chi connectivity index (χ4v) is 2.70. The van der Waals surface area contributed by atoms with Gasteiger partial charge in [0.1, 0.15) is 5.82 Å². The standard InChI is InChI=1S/C22H21FN4O/c1-14(18-12-17(23)10-11-19(18)24)26-13-15-6-8-16(9-7-15)22(28)27-21-5-3-2-4-20(21)25/h2-12H,13,24-25H2,1H3,(H,27,28). The lowest BCUT2D eigenvalue weighted by Crippen LogP contribution is -2.13. The van der Waals surface area contributed by atoms with Gasteiger partial charge in [-0.1, -0.05) is 24.3 Å². The van der Waals surface area contributed by atoms with Crippen LogP contribution in [-0.2, 0) is 6.54 Å². The molecule has 0 heterocycles. The summed E-state index contributed by atoms with van der Waals surface area (Å²) in [4.78, 5) is 16.8. The van der Waals surface area contributed by atoms with Crippen molar-refractivity contribution in [3.63, 3.8) is 0 Å². The molecular formula is C22H21FN4O. The van der Waals surface area contributed by atoms with Crippen molar-refractivity contribution in [1.82, 2.24) is 0 Å². The van der Waals surface area contributed by atoms with Crippen molar-refractivity contribution in [3.8, 4) is 0 Å². The zero-order valence-electron chi connectivity index (χ0n) is 15.4. The molecule has 0 aromatic heterocycles. The van der Waals surface area contributed by atoms with Gasteiger partial charge >= 0.3 is 0 Å². The van der Waals surface area contributed by atoms with Crippen LogP contribution in [0.15, 0.2) is 71.7 Å². The molecule has 0 unspecified atom stereocenters. The predicted octanol–water partition coefficient (Wildman–Crippen LogP) is 4.25. The summed E-state index contributed by atoms with van der Waals surface area (Å²) in [7, 11) is 0. The molecule has 1 amide bonds. The van der Waals surface area contributed by atoms with Crippen molar-refractivity contribution in [3.05, 3.63) is 89.2 Å². The normalized spacial score (nSPS) is 11.3. The zero-order chi connectivity index (χ0) is 20.1. The Morgan fingerprint density at radius 2 is 1.71 bits per heavy atom. The Kier molecular flexibility index (Phi) is 5.69. The molecule has 3 aromatic carbocycles. The van der Waals surface area contributed by atoms with Gasteiger partial charge in [0.2, 0.25) is 0 Å². The Morgan fingerprint density at radius 3 is 2.43 bits per heavy atom. The van der Waals surface area contributed by atoms with Crippen molar-refractivity contribution in [2.45, 2.75) is 13.5 Å². The lowest BCUT2D eigenvalue weighted by Gasteiger charge is -2.08. The Labute approximate surface area is 162 Å². The van der Waals surface area contributed by atoms with Gasteiger partial charge in [0, 0.05) is 22.5 Å². The van der Waals surface area contributed by atoms with E-state index < -0.39 is 0 Å². The van der Waals surface area contributed by atoms with Crippen LogP contribution in [0, 0.1) is 5.82 Å². The number of nitrogens with one attached hydrogen (secondary N) is 1. The number of aliphatic imine (C=N–C) groups is 1. The second-order valence-corrected chi connectivity index (χ2v) is 6.37. The number of hydrogen-bond acceptors (Lipinski definition) is 4. The molecule has 142 valence electrons. The summed E-state index contributed by atoms with van der Waals surface area (Å²) in [6.07, 6.45) is 0. The van der Waals surface area contributed by atoms with Gasteiger partial charge in [0.25, 0.3) is 5.91 Å². The van der Waals surface area contributed by atoms with Crippen molar-refractivity contribution in [2.75, 3.05) is 16.8 Å². The quantitative estimate of drug-likeness (QED) is 0.459. The summed E-state index contributed by atoms with van der Waals surface area (Å²) in [6.45, 7) is 2.19. The van der Waals surface area contributed by atoms with Crippen molar-refractivity contribution < 1.29 is 9.18 Å². The number of para-hydroxylation sites is 2. The molecule has 0 atom stereocenters. The summed E-state index contributed by atoms with van der Waals surface area (Å²) >= 11 is 0. The number of rotatable bonds is 5. The minimum absolute atomic E-state index is 0.239. The SMILES string of the molecule is CC(=NCc1ccc(C(=O)Nc2ccccc2N)cc1)c1cc(F)ccc1N. The van der Waals surface area contributed by atoms with Crippen LogP contribution in [0.5, 0.6) is 0 Å². The lowest BCUT2D eigenvalue weighted by molar-refractivity contribution is 0.102. The Balaban J connectivity index is 1.68. The van der Waals surface area contributed by atoms with Crippen molar-refractivity contribution in [2.24, 2.45) is 4.99 Å². The molecule has 5 N–H and O–H groups in total. The average Bonchev–Trinajstić information content (AvgIpc) is 2.70. The van der Waals surface area contributed by atoms with E-state index in [1.165, 1.54) is 18.2 Å². The third kappa shape index (κ3) is 4.54. The van der Waals surface area contributed by atoms with E-state index in [1.54, 1.807) is 43.3 Å². The molecule has 0 aliphatic carbocycles. The molecule has 28 heavy (non-hydrogen) atoms. The van der Waals surface area contributed by atoms with Gasteiger partial charge in [-0.15, -0.1) is 0 Å². The first-order valence-electron chi connectivity index (χ1n) is 8.75. The van der Waals surface area contributed by atoms with Crippen LogP contribution < -0.4 is 16.8 Å². The van der Waals surface area contributed by atoms with Crippen LogP contribution in [0.2, 0.25) is 0 Å². The van der Waals surface area contributed by atoms with Crippen LogP contribution in [0.1, 0.15) is 28.4 Å². The molecule has 6 heteroatoms. The minimum atomic E-state index is -0.354. The van der Waals surface area contributed by atoms with Crippen LogP contribution in [0.4, 0.5) is 21.5 Å². The van der Waals surface area contributed by atoms with Gasteiger partial charge in [-0.25, -0.2) is 4.39 Å². The Morgan fingerprint density at radius 1 is 1.00 bits per heavy atom. The maximum absolute atomic E-state index is 13.4. The summed E-state index contributed by atoms with van der Waals surface area (Å²) in [5.41, 5.74) is 16.0. The van der Waals surface area contributed by atoms with Crippen LogP contribution in [-0.4, -0.2) is 11.6 Å². The maximum Gasteiger partial charge on any atom is 0.255 e. The number of benzene rings is 3. The molecule has 0 spiro atoms. The number of hydrogen-bond donors (Lipinski definition) is 3. The topological polar surface area (TPSA) is 93.5 Å². The lowest BCUT2D eigenvalue weighted by atomic mass is 10.1. The molecule has 3 rings (SSSR count). The molecule has 5 nitrogen and oxygen atoms in total. The van der Waals surface area contributed by atoms with Crippen LogP contribution in [0.25, 0.3) is 0 Å². The average molecular weight is 376 g/mol. The molecule has 0 radical (unpaired) electrons. The highest BCUT2D eigenvalue weighted by Crippen LogP contribution is 2.18. The third-order valence-corrected chi connectivity index (χ3v) is 4.33. The van der Waals surface area contributed by atoms with E-state index in [-0.39, 0.29) is 11.7 Å². The molecular weight excluding hydrogens is 355 g/mol. The van der Waals surface area contributed by atoms with E-state index in [4.69, 9.17) is 11.5 Å². The second-order valence-electron chi connectivity index (χ2n) is 6.37. The van der Waals surface area contributed by atoms with Gasteiger partial charge in [-0.2, -0.15) is 0 Å². The molecule has 0 bridgehead atoms. The van der Waals surface area contributed by atoms with E-state index in [0.29, 0.717) is 40.4 Å². The van der Waals surface area contributed by atoms with E-state index in [9.17, 15) is 9.18 Å². The maximum atomic E-state index is 13.4. The number of halogens is 1. The van der Waals surface area contributed by atoms with E-state index in [2.05, 4.69) is 10.3 Å². The van der Waals surface area contributed by atoms with Gasteiger partial charge in [-0.3, -0.25) is 9.79 Å². The highest BCUT2D eigenvalue weighted by Gasteiger charge is 2.08. The largest absolute Gasteiger partial charge is 0.398 e. The summed E-state index contributed by atoms with van der Waals surface area (Å²) in [6, 6.07) is 18.4. The van der Waals surface area contributed by atoms with Crippen molar-refractivity contribution in [1.29, 1.82) is 0 Å². The number of nitrogens with two attached hydrogens (primary N) is 2. The Hall–Kier alpha value is -3.67. The fraction of sp³-hybridized carbons (Fsp3) is 0.0909. The molecule has 0 fully saturated rings. The molecule has 0 saturated carbocycles. The number of nitrogens with zero attached hydrogens (tertiary/aromatic N) is 1. The predicted molar refractivity (Wildman–Crippen MR) is 112 cm³/mol. The number of anilines is 3. The first kappa shape index (κ1) is 19.1. The number of nitrogen functional groups attached to an aromatic ring is 2. The zero-order valence-corrected chi connectivity index (χ0v) is 15.4. The molecule has 0 aliphatic rings. The smallest absolute Gasteiger partial charge is 0.255 e. The van der Waals surface area contributed by atoms with Gasteiger partial charge in [0.15, 0.2) is 0 Å². The third-order valence-electron chi connectivity index (χ3n) is 4.33. The minimum Gasteiger partial charge on any atom is -0.398 e. The highest BCUT2D eigenvalue weighted by molar-refractivity contribution is 6.05. The van der Waals surface area contributed by atoms with E-state index >= 15 is 0 Å². The van der Waals surface area contributed by atoms with E-state index in [0.717, 1.165) is 5.56 Å². The highest BCUT2D eigenvalue weighted by atomic mass is 19.1. The van der Waals surface area contributed by atoms with E-state index in [1.807, 2.05) is 12.1 Å². The first-order chi connectivity index (χ1) is 13.4. The van der Waals surface area contributed by atoms with Gasteiger partial charge in [0.05, 0.1) is 17.9 Å². The number of carbonyl (C=O) groups is 1. The second kappa shape index (κ2) is 8.35. The number of carbonyl (C=O) groups excluding carboxylic acids is 1.